The molecule has 0 saturated heterocycles. The van der Waals surface area contributed by atoms with E-state index in [2.05, 4.69) is 18.3 Å². The zero-order valence-corrected chi connectivity index (χ0v) is 12.0. The molecule has 1 atom stereocenters. The normalized spacial score (nSPS) is 17.1. The molecule has 1 aromatic rings. The number of carboxylic acids is 1. The molecule has 1 N–H and O–H groups in total. The van der Waals surface area contributed by atoms with Gasteiger partial charge < -0.3 is 15.2 Å². The van der Waals surface area contributed by atoms with E-state index in [1.54, 1.807) is 0 Å². The molecule has 1 aromatic heterocycles. The van der Waals surface area contributed by atoms with Gasteiger partial charge in [-0.1, -0.05) is 6.92 Å². The molecule has 1 aliphatic carbocycles. The molecule has 1 aliphatic rings. The van der Waals surface area contributed by atoms with Gasteiger partial charge in [0.05, 0.1) is 5.56 Å². The van der Waals surface area contributed by atoms with Crippen LogP contribution in [-0.2, 0) is 16.0 Å². The maximum Gasteiger partial charge on any atom is 0.225 e. The fourth-order valence-electron chi connectivity index (χ4n) is 2.51. The largest absolute Gasteiger partial charge is 0.550 e. The van der Waals surface area contributed by atoms with Crippen molar-refractivity contribution in [3.63, 3.8) is 0 Å². The van der Waals surface area contributed by atoms with E-state index in [9.17, 15) is 20.0 Å². The lowest BCUT2D eigenvalue weighted by molar-refractivity contribution is -0.305. The maximum atomic E-state index is 11.7. The molecule has 0 fully saturated rings. The number of anilines is 1. The van der Waals surface area contributed by atoms with Crippen LogP contribution < -0.4 is 10.4 Å². The van der Waals surface area contributed by atoms with Crippen LogP contribution >= 0.6 is 11.3 Å². The number of aliphatic carboxylic acids is 1. The molecular formula is C14H15N2O3S-. The molecule has 0 bridgehead atoms. The third-order valence-electron chi connectivity index (χ3n) is 3.48. The lowest BCUT2D eigenvalue weighted by Gasteiger charge is -2.18. The number of rotatable bonds is 4. The van der Waals surface area contributed by atoms with Crippen LogP contribution in [-0.4, -0.2) is 11.9 Å². The van der Waals surface area contributed by atoms with Gasteiger partial charge in [0, 0.05) is 17.3 Å². The topological polar surface area (TPSA) is 93.0 Å². The van der Waals surface area contributed by atoms with Crippen molar-refractivity contribution in [2.75, 3.05) is 5.32 Å². The predicted molar refractivity (Wildman–Crippen MR) is 73.3 cm³/mol. The maximum absolute atomic E-state index is 11.7. The van der Waals surface area contributed by atoms with E-state index in [0.29, 0.717) is 16.5 Å². The molecule has 0 saturated carbocycles. The zero-order chi connectivity index (χ0) is 14.7. The van der Waals surface area contributed by atoms with Gasteiger partial charge in [0.2, 0.25) is 5.91 Å². The first-order chi connectivity index (χ1) is 9.52. The summed E-state index contributed by atoms with van der Waals surface area (Å²) in [6.45, 7) is 2.09. The third-order valence-corrected chi connectivity index (χ3v) is 4.66. The minimum atomic E-state index is -1.25. The van der Waals surface area contributed by atoms with E-state index in [1.807, 2.05) is 0 Å². The predicted octanol–water partition coefficient (Wildman–Crippen LogP) is 1.53. The number of aryl methyl sites for hydroxylation is 1. The highest BCUT2D eigenvalue weighted by Crippen LogP contribution is 2.42. The summed E-state index contributed by atoms with van der Waals surface area (Å²) in [5.41, 5.74) is 1.60. The molecule has 106 valence electrons. The van der Waals surface area contributed by atoms with Crippen molar-refractivity contribution >= 4 is 28.2 Å². The molecule has 1 heterocycles. The smallest absolute Gasteiger partial charge is 0.225 e. The number of nitrogens with zero attached hydrogens (tertiary/aromatic N) is 1. The number of fused-ring (bicyclic) bond motifs is 1. The van der Waals surface area contributed by atoms with Gasteiger partial charge in [0.15, 0.2) is 0 Å². The highest BCUT2D eigenvalue weighted by molar-refractivity contribution is 7.16. The van der Waals surface area contributed by atoms with E-state index in [-0.39, 0.29) is 12.8 Å². The number of hydrogen-bond acceptors (Lipinski definition) is 5. The summed E-state index contributed by atoms with van der Waals surface area (Å²) in [5.74, 6) is -1.31. The zero-order valence-electron chi connectivity index (χ0n) is 11.2. The number of carboxylic acid groups (broad SMARTS) is 1. The van der Waals surface area contributed by atoms with Crippen molar-refractivity contribution in [2.45, 2.75) is 44.9 Å². The van der Waals surface area contributed by atoms with E-state index < -0.39 is 11.9 Å². The molecular weight excluding hydrogens is 276 g/mol. The minimum absolute atomic E-state index is 0.134. The quantitative estimate of drug-likeness (QED) is 0.910. The Kier molecular flexibility index (Phi) is 4.40. The van der Waals surface area contributed by atoms with Gasteiger partial charge in [-0.3, -0.25) is 4.79 Å². The lowest BCUT2D eigenvalue weighted by atomic mass is 9.87. The van der Waals surface area contributed by atoms with Crippen LogP contribution in [0.2, 0.25) is 0 Å². The lowest BCUT2D eigenvalue weighted by Crippen LogP contribution is -2.24. The van der Waals surface area contributed by atoms with E-state index in [4.69, 9.17) is 0 Å². The Labute approximate surface area is 121 Å². The summed E-state index contributed by atoms with van der Waals surface area (Å²) in [6.07, 6.45) is 2.64. The number of hydrogen-bond donors (Lipinski definition) is 1. The molecule has 6 heteroatoms. The fourth-order valence-corrected chi connectivity index (χ4v) is 3.84. The first kappa shape index (κ1) is 14.5. The second-order valence-electron chi connectivity index (χ2n) is 4.97. The number of carbonyl (C=O) groups excluding carboxylic acids is 2. The fraction of sp³-hybridized carbons (Fsp3) is 0.500. The van der Waals surface area contributed by atoms with Crippen LogP contribution in [0.15, 0.2) is 0 Å². The van der Waals surface area contributed by atoms with Crippen molar-refractivity contribution in [1.29, 1.82) is 5.26 Å². The summed E-state index contributed by atoms with van der Waals surface area (Å²) in [4.78, 5) is 23.2. The summed E-state index contributed by atoms with van der Waals surface area (Å²) < 4.78 is 0. The molecule has 1 amide bonds. The first-order valence-corrected chi connectivity index (χ1v) is 7.40. The van der Waals surface area contributed by atoms with E-state index in [0.717, 1.165) is 29.7 Å². The highest BCUT2D eigenvalue weighted by Gasteiger charge is 2.26. The second kappa shape index (κ2) is 6.06. The monoisotopic (exact) mass is 291 g/mol. The number of nitrogens with one attached hydrogen (secondary N) is 1. The van der Waals surface area contributed by atoms with Crippen LogP contribution in [0.3, 0.4) is 0 Å². The Morgan fingerprint density at radius 3 is 2.90 bits per heavy atom. The first-order valence-electron chi connectivity index (χ1n) is 6.58. The SMILES string of the molecule is CC1CCCc2sc(NC(=O)CCC(=O)[O-])c(C#N)c21. The van der Waals surface area contributed by atoms with Crippen LogP contribution in [0.4, 0.5) is 5.00 Å². The molecule has 0 aliphatic heterocycles. The van der Waals surface area contributed by atoms with Crippen molar-refractivity contribution in [1.82, 2.24) is 0 Å². The van der Waals surface area contributed by atoms with Gasteiger partial charge in [-0.2, -0.15) is 5.26 Å². The number of nitriles is 1. The highest BCUT2D eigenvalue weighted by atomic mass is 32.1. The Morgan fingerprint density at radius 2 is 2.25 bits per heavy atom. The second-order valence-corrected chi connectivity index (χ2v) is 6.07. The van der Waals surface area contributed by atoms with Crippen LogP contribution in [0.25, 0.3) is 0 Å². The van der Waals surface area contributed by atoms with Crippen LogP contribution in [0, 0.1) is 11.3 Å². The average Bonchev–Trinajstić information content (AvgIpc) is 2.75. The summed E-state index contributed by atoms with van der Waals surface area (Å²) in [7, 11) is 0. The summed E-state index contributed by atoms with van der Waals surface area (Å²) in [5, 5.41) is 22.9. The van der Waals surface area contributed by atoms with Gasteiger partial charge in [-0.05, 0) is 37.2 Å². The van der Waals surface area contributed by atoms with Crippen molar-refractivity contribution < 1.29 is 14.7 Å². The standard InChI is InChI=1S/C14H16N2O3S/c1-8-3-2-4-10-13(8)9(7-15)14(20-10)16-11(17)5-6-12(18)19/h8H,2-6H2,1H3,(H,16,17)(H,18,19)/p-1. The van der Waals surface area contributed by atoms with Crippen LogP contribution in [0.1, 0.15) is 54.5 Å². The minimum Gasteiger partial charge on any atom is -0.550 e. The number of amides is 1. The Morgan fingerprint density at radius 1 is 1.50 bits per heavy atom. The molecule has 1 unspecified atom stereocenters. The summed E-state index contributed by atoms with van der Waals surface area (Å²) >= 11 is 1.44. The number of carbonyl (C=O) groups is 2. The Bertz CT molecular complexity index is 586. The van der Waals surface area contributed by atoms with Crippen molar-refractivity contribution in [3.05, 3.63) is 16.0 Å². The molecule has 0 aromatic carbocycles. The molecule has 0 radical (unpaired) electrons. The van der Waals surface area contributed by atoms with Gasteiger partial charge in [-0.25, -0.2) is 0 Å². The summed E-state index contributed by atoms with van der Waals surface area (Å²) in [6, 6.07) is 2.17. The molecule has 20 heavy (non-hydrogen) atoms. The van der Waals surface area contributed by atoms with Crippen molar-refractivity contribution in [3.8, 4) is 6.07 Å². The van der Waals surface area contributed by atoms with Gasteiger partial charge in [0.1, 0.15) is 11.1 Å². The molecule has 0 spiro atoms. The van der Waals surface area contributed by atoms with Crippen molar-refractivity contribution in [2.24, 2.45) is 0 Å². The van der Waals surface area contributed by atoms with E-state index in [1.165, 1.54) is 11.3 Å². The average molecular weight is 291 g/mol. The Balaban J connectivity index is 2.19. The number of thiophene rings is 1. The Hall–Kier alpha value is -1.87. The van der Waals surface area contributed by atoms with Gasteiger partial charge >= 0.3 is 0 Å². The van der Waals surface area contributed by atoms with Crippen LogP contribution in [0.5, 0.6) is 0 Å². The third kappa shape index (κ3) is 2.99. The van der Waals surface area contributed by atoms with E-state index >= 15 is 0 Å². The van der Waals surface area contributed by atoms with Gasteiger partial charge in [0.25, 0.3) is 0 Å². The van der Waals surface area contributed by atoms with Gasteiger partial charge in [-0.15, -0.1) is 11.3 Å². The molecule has 2 rings (SSSR count). The molecule has 5 nitrogen and oxygen atoms in total.